The smallest absolute Gasteiger partial charge is 0.163 e. The van der Waals surface area contributed by atoms with Crippen LogP contribution in [0.3, 0.4) is 0 Å². The molecule has 0 aliphatic rings. The van der Waals surface area contributed by atoms with Crippen molar-refractivity contribution < 1.29 is 0 Å². The highest BCUT2D eigenvalue weighted by Crippen LogP contribution is 2.17. The maximum Gasteiger partial charge on any atom is 0.163 e. The van der Waals surface area contributed by atoms with Gasteiger partial charge in [-0.15, -0.1) is 0 Å². The molecule has 0 spiro atoms. The molecule has 0 aliphatic carbocycles. The number of anilines is 1. The van der Waals surface area contributed by atoms with Crippen molar-refractivity contribution in [1.82, 2.24) is 15.0 Å². The van der Waals surface area contributed by atoms with Crippen LogP contribution in [0.5, 0.6) is 0 Å². The van der Waals surface area contributed by atoms with Crippen molar-refractivity contribution in [2.45, 2.75) is 13.5 Å². The Morgan fingerprint density at radius 1 is 1.00 bits per heavy atom. The Morgan fingerprint density at radius 2 is 1.86 bits per heavy atom. The number of aryl methyl sites for hydroxylation is 1. The van der Waals surface area contributed by atoms with E-state index in [0.717, 1.165) is 23.6 Å². The van der Waals surface area contributed by atoms with Gasteiger partial charge in [-0.25, -0.2) is 9.97 Å². The molecule has 0 radical (unpaired) electrons. The Labute approximate surface area is 123 Å². The molecule has 0 bridgehead atoms. The Hall–Kier alpha value is -2.75. The van der Waals surface area contributed by atoms with Crippen LogP contribution in [0.25, 0.3) is 11.4 Å². The largest absolute Gasteiger partial charge is 0.366 e. The van der Waals surface area contributed by atoms with Gasteiger partial charge in [-0.3, -0.25) is 4.98 Å². The molecule has 3 rings (SSSR count). The van der Waals surface area contributed by atoms with Crippen LogP contribution in [0.2, 0.25) is 0 Å². The first-order chi connectivity index (χ1) is 10.3. The summed E-state index contributed by atoms with van der Waals surface area (Å²) in [5.41, 5.74) is 3.07. The van der Waals surface area contributed by atoms with Gasteiger partial charge in [-0.1, -0.05) is 30.3 Å². The number of nitrogens with one attached hydrogen (secondary N) is 1. The topological polar surface area (TPSA) is 50.7 Å². The van der Waals surface area contributed by atoms with E-state index in [2.05, 4.69) is 32.4 Å². The van der Waals surface area contributed by atoms with Gasteiger partial charge < -0.3 is 5.32 Å². The average Bonchev–Trinajstić information content (AvgIpc) is 2.54. The second kappa shape index (κ2) is 6.13. The number of nitrogens with zero attached hydrogens (tertiary/aromatic N) is 3. The van der Waals surface area contributed by atoms with Gasteiger partial charge in [0.05, 0.1) is 0 Å². The molecule has 3 aromatic rings. The molecule has 1 aromatic carbocycles. The minimum absolute atomic E-state index is 0.693. The van der Waals surface area contributed by atoms with Gasteiger partial charge in [0, 0.05) is 36.3 Å². The lowest BCUT2D eigenvalue weighted by atomic mass is 10.2. The molecule has 0 saturated heterocycles. The zero-order chi connectivity index (χ0) is 14.5. The summed E-state index contributed by atoms with van der Waals surface area (Å²) in [6.45, 7) is 2.71. The number of hydrogen-bond acceptors (Lipinski definition) is 4. The van der Waals surface area contributed by atoms with E-state index in [1.54, 1.807) is 12.4 Å². The van der Waals surface area contributed by atoms with Crippen LogP contribution in [0.1, 0.15) is 11.3 Å². The van der Waals surface area contributed by atoms with Crippen LogP contribution >= 0.6 is 0 Å². The highest BCUT2D eigenvalue weighted by molar-refractivity contribution is 5.56. The van der Waals surface area contributed by atoms with E-state index >= 15 is 0 Å². The minimum Gasteiger partial charge on any atom is -0.366 e. The maximum atomic E-state index is 4.56. The first-order valence-corrected chi connectivity index (χ1v) is 6.85. The van der Waals surface area contributed by atoms with E-state index in [1.165, 1.54) is 5.56 Å². The molecule has 2 heterocycles. The fourth-order valence-electron chi connectivity index (χ4n) is 2.07. The van der Waals surface area contributed by atoms with Crippen molar-refractivity contribution in [1.29, 1.82) is 0 Å². The standard InChI is InChI=1S/C17H16N4/c1-13-10-16(19-11-14-6-3-2-4-7-14)21-17(20-13)15-8-5-9-18-12-15/h2-10,12H,11H2,1H3,(H,19,20,21). The van der Waals surface area contributed by atoms with Crippen LogP contribution in [-0.2, 0) is 6.54 Å². The Kier molecular flexibility index (Phi) is 3.87. The summed E-state index contributed by atoms with van der Waals surface area (Å²) in [6, 6.07) is 16.0. The van der Waals surface area contributed by atoms with Crippen molar-refractivity contribution in [3.8, 4) is 11.4 Å². The number of hydrogen-bond donors (Lipinski definition) is 1. The lowest BCUT2D eigenvalue weighted by molar-refractivity contribution is 1.06. The van der Waals surface area contributed by atoms with Crippen molar-refractivity contribution in [3.05, 3.63) is 72.2 Å². The monoisotopic (exact) mass is 276 g/mol. The molecule has 1 N–H and O–H groups in total. The highest BCUT2D eigenvalue weighted by Gasteiger charge is 2.05. The number of pyridine rings is 1. The zero-order valence-electron chi connectivity index (χ0n) is 11.8. The molecule has 21 heavy (non-hydrogen) atoms. The van der Waals surface area contributed by atoms with Crippen LogP contribution in [0.15, 0.2) is 60.9 Å². The van der Waals surface area contributed by atoms with Crippen LogP contribution in [0.4, 0.5) is 5.82 Å². The van der Waals surface area contributed by atoms with Crippen LogP contribution in [0, 0.1) is 6.92 Å². The van der Waals surface area contributed by atoms with Gasteiger partial charge in [0.1, 0.15) is 5.82 Å². The molecule has 0 saturated carbocycles. The molecule has 0 aliphatic heterocycles. The van der Waals surface area contributed by atoms with E-state index in [9.17, 15) is 0 Å². The number of aromatic nitrogens is 3. The van der Waals surface area contributed by atoms with Crippen molar-refractivity contribution in [3.63, 3.8) is 0 Å². The van der Waals surface area contributed by atoms with Crippen molar-refractivity contribution >= 4 is 5.82 Å². The Balaban J connectivity index is 1.82. The third-order valence-corrected chi connectivity index (χ3v) is 3.09. The molecule has 0 unspecified atom stereocenters. The van der Waals surface area contributed by atoms with Crippen LogP contribution in [-0.4, -0.2) is 15.0 Å². The second-order valence-corrected chi connectivity index (χ2v) is 4.80. The van der Waals surface area contributed by atoms with Crippen LogP contribution < -0.4 is 5.32 Å². The first-order valence-electron chi connectivity index (χ1n) is 6.85. The summed E-state index contributed by atoms with van der Waals surface area (Å²) < 4.78 is 0. The first kappa shape index (κ1) is 13.2. The maximum absolute atomic E-state index is 4.56. The third-order valence-electron chi connectivity index (χ3n) is 3.09. The molecule has 0 amide bonds. The minimum atomic E-state index is 0.693. The normalized spacial score (nSPS) is 10.3. The SMILES string of the molecule is Cc1cc(NCc2ccccc2)nc(-c2cccnc2)n1. The van der Waals surface area contributed by atoms with Gasteiger partial charge in [0.15, 0.2) is 5.82 Å². The molecular weight excluding hydrogens is 260 g/mol. The fourth-order valence-corrected chi connectivity index (χ4v) is 2.07. The quantitative estimate of drug-likeness (QED) is 0.793. The van der Waals surface area contributed by atoms with E-state index in [-0.39, 0.29) is 0 Å². The predicted molar refractivity (Wildman–Crippen MR) is 83.8 cm³/mol. The van der Waals surface area contributed by atoms with E-state index in [1.807, 2.05) is 43.3 Å². The summed E-state index contributed by atoms with van der Waals surface area (Å²) in [6.07, 6.45) is 3.52. The summed E-state index contributed by atoms with van der Waals surface area (Å²) >= 11 is 0. The molecule has 104 valence electrons. The molecule has 2 aromatic heterocycles. The lowest BCUT2D eigenvalue weighted by Gasteiger charge is -2.08. The fraction of sp³-hybridized carbons (Fsp3) is 0.118. The number of benzene rings is 1. The van der Waals surface area contributed by atoms with E-state index in [4.69, 9.17) is 0 Å². The summed E-state index contributed by atoms with van der Waals surface area (Å²) in [5.74, 6) is 1.52. The van der Waals surface area contributed by atoms with E-state index < -0.39 is 0 Å². The summed E-state index contributed by atoms with van der Waals surface area (Å²) in [5, 5.41) is 3.34. The average molecular weight is 276 g/mol. The third kappa shape index (κ3) is 3.42. The van der Waals surface area contributed by atoms with Gasteiger partial charge in [0.25, 0.3) is 0 Å². The molecule has 4 heteroatoms. The highest BCUT2D eigenvalue weighted by atomic mass is 15.0. The van der Waals surface area contributed by atoms with Crippen molar-refractivity contribution in [2.75, 3.05) is 5.32 Å². The molecule has 4 nitrogen and oxygen atoms in total. The zero-order valence-corrected chi connectivity index (χ0v) is 11.8. The molecular formula is C17H16N4. The predicted octanol–water partition coefficient (Wildman–Crippen LogP) is 3.46. The van der Waals surface area contributed by atoms with Gasteiger partial charge in [-0.05, 0) is 24.6 Å². The second-order valence-electron chi connectivity index (χ2n) is 4.80. The summed E-state index contributed by atoms with van der Waals surface area (Å²) in [7, 11) is 0. The van der Waals surface area contributed by atoms with E-state index in [0.29, 0.717) is 5.82 Å². The number of rotatable bonds is 4. The molecule has 0 fully saturated rings. The lowest BCUT2D eigenvalue weighted by Crippen LogP contribution is -2.04. The van der Waals surface area contributed by atoms with Gasteiger partial charge in [0.2, 0.25) is 0 Å². The van der Waals surface area contributed by atoms with Gasteiger partial charge >= 0.3 is 0 Å². The summed E-state index contributed by atoms with van der Waals surface area (Å²) in [4.78, 5) is 13.1. The molecule has 0 atom stereocenters. The van der Waals surface area contributed by atoms with Crippen molar-refractivity contribution in [2.24, 2.45) is 0 Å². The van der Waals surface area contributed by atoms with Gasteiger partial charge in [-0.2, -0.15) is 0 Å². The Bertz CT molecular complexity index is 711. The Morgan fingerprint density at radius 3 is 2.62 bits per heavy atom.